The molecule has 0 aromatic carbocycles. The highest BCUT2D eigenvalue weighted by Crippen LogP contribution is 2.35. The average molecular weight is 230 g/mol. The van der Waals surface area contributed by atoms with Gasteiger partial charge < -0.3 is 5.73 Å². The zero-order valence-corrected chi connectivity index (χ0v) is 10.7. The second-order valence-corrected chi connectivity index (χ2v) is 5.22. The Labute approximate surface area is 101 Å². The molecule has 0 radical (unpaired) electrons. The van der Waals surface area contributed by atoms with Crippen molar-refractivity contribution in [3.63, 3.8) is 0 Å². The number of rotatable bonds is 1. The first-order valence-electron chi connectivity index (χ1n) is 5.64. The van der Waals surface area contributed by atoms with Gasteiger partial charge >= 0.3 is 0 Å². The molecule has 0 saturated carbocycles. The maximum atomic E-state index is 6.10. The number of hydrogen-bond acceptors (Lipinski definition) is 3. The van der Waals surface area contributed by atoms with E-state index in [1.165, 1.54) is 0 Å². The highest BCUT2D eigenvalue weighted by molar-refractivity contribution is 5.77. The number of aryl methyl sites for hydroxylation is 1. The molecule has 0 aliphatic rings. The Bertz CT molecular complexity index is 520. The highest BCUT2D eigenvalue weighted by atomic mass is 15.3. The van der Waals surface area contributed by atoms with E-state index >= 15 is 0 Å². The first-order chi connectivity index (χ1) is 7.91. The van der Waals surface area contributed by atoms with E-state index in [0.29, 0.717) is 5.82 Å². The number of nitrogens with zero attached hydrogens (tertiary/aromatic N) is 3. The fraction of sp³-hybridized carbons (Fsp3) is 0.385. The Balaban J connectivity index is 2.69. The van der Waals surface area contributed by atoms with E-state index in [1.54, 1.807) is 10.9 Å². The third kappa shape index (κ3) is 2.02. The first kappa shape index (κ1) is 11.6. The SMILES string of the molecule is Cn1nc(C(C)(C)C)c(-c2cccnc2)c1N. The molecule has 0 saturated heterocycles. The van der Waals surface area contributed by atoms with Crippen molar-refractivity contribution >= 4 is 5.82 Å². The Morgan fingerprint density at radius 2 is 2.00 bits per heavy atom. The molecule has 0 unspecified atom stereocenters. The van der Waals surface area contributed by atoms with Gasteiger partial charge in [-0.3, -0.25) is 9.67 Å². The van der Waals surface area contributed by atoms with E-state index in [-0.39, 0.29) is 5.41 Å². The van der Waals surface area contributed by atoms with Crippen LogP contribution in [0.15, 0.2) is 24.5 Å². The van der Waals surface area contributed by atoms with Crippen molar-refractivity contribution in [1.82, 2.24) is 14.8 Å². The third-order valence-corrected chi connectivity index (χ3v) is 2.75. The first-order valence-corrected chi connectivity index (χ1v) is 5.64. The Hall–Kier alpha value is -1.84. The molecule has 0 bridgehead atoms. The maximum absolute atomic E-state index is 6.10. The van der Waals surface area contributed by atoms with E-state index in [0.717, 1.165) is 16.8 Å². The van der Waals surface area contributed by atoms with E-state index in [2.05, 4.69) is 30.9 Å². The summed E-state index contributed by atoms with van der Waals surface area (Å²) in [5.41, 5.74) is 9.08. The number of hydrogen-bond donors (Lipinski definition) is 1. The van der Waals surface area contributed by atoms with Gasteiger partial charge in [0.25, 0.3) is 0 Å². The van der Waals surface area contributed by atoms with Crippen molar-refractivity contribution in [2.75, 3.05) is 5.73 Å². The molecule has 0 fully saturated rings. The lowest BCUT2D eigenvalue weighted by molar-refractivity contribution is 0.555. The summed E-state index contributed by atoms with van der Waals surface area (Å²) in [6.45, 7) is 6.40. The van der Waals surface area contributed by atoms with Crippen LogP contribution in [0.4, 0.5) is 5.82 Å². The molecule has 0 amide bonds. The zero-order valence-electron chi connectivity index (χ0n) is 10.7. The Kier molecular flexibility index (Phi) is 2.65. The van der Waals surface area contributed by atoms with Crippen LogP contribution in [0.2, 0.25) is 0 Å². The normalized spacial score (nSPS) is 11.8. The largest absolute Gasteiger partial charge is 0.383 e. The maximum Gasteiger partial charge on any atom is 0.129 e. The molecule has 4 nitrogen and oxygen atoms in total. The van der Waals surface area contributed by atoms with Gasteiger partial charge in [-0.25, -0.2) is 0 Å². The van der Waals surface area contributed by atoms with E-state index in [4.69, 9.17) is 5.73 Å². The molecule has 0 aliphatic carbocycles. The van der Waals surface area contributed by atoms with Crippen LogP contribution in [-0.2, 0) is 12.5 Å². The molecule has 0 atom stereocenters. The van der Waals surface area contributed by atoms with Crippen molar-refractivity contribution in [1.29, 1.82) is 0 Å². The van der Waals surface area contributed by atoms with Gasteiger partial charge in [0.1, 0.15) is 5.82 Å². The summed E-state index contributed by atoms with van der Waals surface area (Å²) >= 11 is 0. The standard InChI is InChI=1S/C13H18N4/c1-13(2,3)11-10(12(14)17(4)16-11)9-6-5-7-15-8-9/h5-8H,14H2,1-4H3. The van der Waals surface area contributed by atoms with Gasteiger partial charge in [0, 0.05) is 36.0 Å². The smallest absolute Gasteiger partial charge is 0.129 e. The summed E-state index contributed by atoms with van der Waals surface area (Å²) in [4.78, 5) is 4.14. The predicted octanol–water partition coefficient (Wildman–Crippen LogP) is 2.36. The molecule has 17 heavy (non-hydrogen) atoms. The van der Waals surface area contributed by atoms with Crippen molar-refractivity contribution in [2.45, 2.75) is 26.2 Å². The Morgan fingerprint density at radius 1 is 1.29 bits per heavy atom. The lowest BCUT2D eigenvalue weighted by atomic mass is 9.87. The van der Waals surface area contributed by atoms with Gasteiger partial charge in [-0.15, -0.1) is 0 Å². The fourth-order valence-corrected chi connectivity index (χ4v) is 1.86. The van der Waals surface area contributed by atoms with Crippen LogP contribution in [0.25, 0.3) is 11.1 Å². The highest BCUT2D eigenvalue weighted by Gasteiger charge is 2.25. The van der Waals surface area contributed by atoms with Crippen molar-refractivity contribution in [3.05, 3.63) is 30.2 Å². The minimum Gasteiger partial charge on any atom is -0.383 e. The fourth-order valence-electron chi connectivity index (χ4n) is 1.86. The van der Waals surface area contributed by atoms with Gasteiger partial charge in [0.15, 0.2) is 0 Å². The molecule has 0 spiro atoms. The van der Waals surface area contributed by atoms with Crippen LogP contribution in [-0.4, -0.2) is 14.8 Å². The molecular weight excluding hydrogens is 212 g/mol. The number of aromatic nitrogens is 3. The molecule has 2 N–H and O–H groups in total. The van der Waals surface area contributed by atoms with Crippen LogP contribution in [0.1, 0.15) is 26.5 Å². The zero-order chi connectivity index (χ0) is 12.6. The quantitative estimate of drug-likeness (QED) is 0.818. The molecule has 2 aromatic heterocycles. The van der Waals surface area contributed by atoms with Gasteiger partial charge in [-0.2, -0.15) is 5.10 Å². The third-order valence-electron chi connectivity index (χ3n) is 2.75. The number of nitrogen functional groups attached to an aromatic ring is 1. The summed E-state index contributed by atoms with van der Waals surface area (Å²) in [7, 11) is 1.87. The molecule has 4 heteroatoms. The summed E-state index contributed by atoms with van der Waals surface area (Å²) in [5.74, 6) is 0.683. The second kappa shape index (κ2) is 3.87. The average Bonchev–Trinajstić information content (AvgIpc) is 2.57. The van der Waals surface area contributed by atoms with Crippen molar-refractivity contribution < 1.29 is 0 Å². The lowest BCUT2D eigenvalue weighted by Crippen LogP contribution is -2.13. The molecule has 2 rings (SSSR count). The minimum atomic E-state index is -0.0411. The summed E-state index contributed by atoms with van der Waals surface area (Å²) in [5, 5.41) is 4.52. The van der Waals surface area contributed by atoms with Gasteiger partial charge in [-0.05, 0) is 6.07 Å². The topological polar surface area (TPSA) is 56.7 Å². The van der Waals surface area contributed by atoms with E-state index in [1.807, 2.05) is 25.4 Å². The number of nitrogens with two attached hydrogens (primary N) is 1. The van der Waals surface area contributed by atoms with Crippen LogP contribution in [0, 0.1) is 0 Å². The number of anilines is 1. The van der Waals surface area contributed by atoms with Crippen LogP contribution in [0.5, 0.6) is 0 Å². The minimum absolute atomic E-state index is 0.0411. The van der Waals surface area contributed by atoms with Gasteiger partial charge in [0.05, 0.1) is 5.69 Å². The van der Waals surface area contributed by atoms with Crippen LogP contribution < -0.4 is 5.73 Å². The van der Waals surface area contributed by atoms with Gasteiger partial charge in [0.2, 0.25) is 0 Å². The second-order valence-electron chi connectivity index (χ2n) is 5.22. The summed E-state index contributed by atoms with van der Waals surface area (Å²) in [6.07, 6.45) is 3.58. The summed E-state index contributed by atoms with van der Waals surface area (Å²) < 4.78 is 1.73. The molecule has 90 valence electrons. The Morgan fingerprint density at radius 3 is 2.53 bits per heavy atom. The summed E-state index contributed by atoms with van der Waals surface area (Å²) in [6, 6.07) is 3.92. The van der Waals surface area contributed by atoms with Gasteiger partial charge in [-0.1, -0.05) is 26.8 Å². The molecule has 0 aliphatic heterocycles. The molecular formula is C13H18N4. The van der Waals surface area contributed by atoms with Crippen molar-refractivity contribution in [2.24, 2.45) is 7.05 Å². The molecule has 2 aromatic rings. The van der Waals surface area contributed by atoms with E-state index < -0.39 is 0 Å². The van der Waals surface area contributed by atoms with Crippen molar-refractivity contribution in [3.8, 4) is 11.1 Å². The van der Waals surface area contributed by atoms with Crippen LogP contribution >= 0.6 is 0 Å². The molecule has 2 heterocycles. The monoisotopic (exact) mass is 230 g/mol. The van der Waals surface area contributed by atoms with E-state index in [9.17, 15) is 0 Å². The predicted molar refractivity (Wildman–Crippen MR) is 69.6 cm³/mol. The lowest BCUT2D eigenvalue weighted by Gasteiger charge is -2.17. The van der Waals surface area contributed by atoms with Crippen LogP contribution in [0.3, 0.4) is 0 Å². The number of pyridine rings is 1.